The second-order valence-corrected chi connectivity index (χ2v) is 4.18. The maximum absolute atomic E-state index is 11.1. The molecule has 2 heterocycles. The summed E-state index contributed by atoms with van der Waals surface area (Å²) in [7, 11) is 0. The number of nitrogens with one attached hydrogen (secondary N) is 1. The molecule has 0 unspecified atom stereocenters. The molecular formula is C7H7I2N3OS. The molecule has 3 N–H and O–H groups in total. The minimum Gasteiger partial charge on any atom is -1.00 e. The van der Waals surface area contributed by atoms with Crippen molar-refractivity contribution in [1.82, 2.24) is 4.98 Å². The van der Waals surface area contributed by atoms with Gasteiger partial charge >= 0.3 is 5.56 Å². The average Bonchev–Trinajstić information content (AvgIpc) is 2.47. The number of hydrogen-bond donors (Lipinski definition) is 2. The minimum atomic E-state index is -0.147. The van der Waals surface area contributed by atoms with E-state index < -0.39 is 0 Å². The molecule has 1 aliphatic heterocycles. The molecule has 1 aliphatic rings. The van der Waals surface area contributed by atoms with E-state index in [2.05, 4.69) is 27.6 Å². The normalized spacial score (nSPS) is 16.5. The van der Waals surface area contributed by atoms with E-state index in [0.717, 1.165) is 16.6 Å². The van der Waals surface area contributed by atoms with Crippen LogP contribution in [0.4, 0.5) is 5.82 Å². The number of fused-ring (bicyclic) bond motifs is 1. The zero-order valence-corrected chi connectivity index (χ0v) is 12.1. The summed E-state index contributed by atoms with van der Waals surface area (Å²) in [6, 6.07) is 1.40. The lowest BCUT2D eigenvalue weighted by Crippen LogP contribution is -3.00. The third kappa shape index (κ3) is 2.08. The van der Waals surface area contributed by atoms with Gasteiger partial charge in [0.15, 0.2) is 0 Å². The Bertz CT molecular complexity index is 443. The largest absolute Gasteiger partial charge is 1.00 e. The van der Waals surface area contributed by atoms with Gasteiger partial charge in [-0.25, -0.2) is 4.98 Å². The molecule has 0 amide bonds. The van der Waals surface area contributed by atoms with Crippen molar-refractivity contribution in [2.24, 2.45) is 0 Å². The molecule has 0 radical (unpaired) electrons. The fourth-order valence-corrected chi connectivity index (χ4v) is 3.02. The van der Waals surface area contributed by atoms with Gasteiger partial charge in [0.05, 0.1) is 11.8 Å². The Morgan fingerprint density at radius 1 is 1.71 bits per heavy atom. The smallest absolute Gasteiger partial charge is 0.311 e. The van der Waals surface area contributed by atoms with Crippen LogP contribution >= 0.6 is 34.4 Å². The van der Waals surface area contributed by atoms with Gasteiger partial charge in [0.25, 0.3) is 5.16 Å². The zero-order chi connectivity index (χ0) is 9.42. The number of nitrogens with two attached hydrogens (primary N) is 1. The molecule has 14 heavy (non-hydrogen) atoms. The van der Waals surface area contributed by atoms with E-state index in [1.54, 1.807) is 11.8 Å². The Morgan fingerprint density at radius 3 is 3.07 bits per heavy atom. The lowest BCUT2D eigenvalue weighted by Gasteiger charge is -1.99. The number of rotatable bonds is 0. The summed E-state index contributed by atoms with van der Waals surface area (Å²) in [5, 5.41) is 0.813. The van der Waals surface area contributed by atoms with Gasteiger partial charge in [0, 0.05) is 4.08 Å². The Hall–Kier alpha value is 0.230. The topological polar surface area (TPSA) is 62.8 Å². The third-order valence-electron chi connectivity index (χ3n) is 1.74. The molecule has 0 fully saturated rings. The van der Waals surface area contributed by atoms with Crippen LogP contribution in [-0.2, 0) is 0 Å². The molecule has 1 aromatic heterocycles. The molecule has 0 aliphatic carbocycles. The van der Waals surface area contributed by atoms with E-state index in [4.69, 9.17) is 5.73 Å². The van der Waals surface area contributed by atoms with Crippen molar-refractivity contribution >= 4 is 45.9 Å². The van der Waals surface area contributed by atoms with Crippen LogP contribution in [0.15, 0.2) is 20.1 Å². The van der Waals surface area contributed by atoms with E-state index in [-0.39, 0.29) is 29.5 Å². The van der Waals surface area contributed by atoms with E-state index >= 15 is 0 Å². The lowest BCUT2D eigenvalue weighted by atomic mass is 10.5. The number of nitrogens with zero attached hydrogens (tertiary/aromatic N) is 1. The van der Waals surface area contributed by atoms with Crippen LogP contribution < -0.4 is 39.8 Å². The number of halogens is 2. The Balaban J connectivity index is 0.000000980. The number of thioether (sulfide) groups is 1. The molecule has 0 saturated heterocycles. The highest BCUT2D eigenvalue weighted by molar-refractivity contribution is 14.1. The maximum Gasteiger partial charge on any atom is 0.311 e. The number of aromatic nitrogens is 2. The van der Waals surface area contributed by atoms with Crippen molar-refractivity contribution in [2.45, 2.75) is 5.16 Å². The quantitative estimate of drug-likeness (QED) is 0.271. The number of hydrogen-bond acceptors (Lipinski definition) is 3. The number of nitrogen functional groups attached to an aromatic ring is 1. The summed E-state index contributed by atoms with van der Waals surface area (Å²) in [5.41, 5.74) is 6.68. The third-order valence-corrected chi connectivity index (χ3v) is 3.46. The standard InChI is InChI=1S/C7H6IN3OS.HI/c8-2-4-3-13-7-10-6(12)1-5(9)11(4)7;/h1-2H,3H2,(H2,9,12);1H/b4-2+;. The first-order valence-corrected chi connectivity index (χ1v) is 5.83. The Kier molecular flexibility index (Phi) is 4.25. The van der Waals surface area contributed by atoms with Gasteiger partial charge in [0.1, 0.15) is 5.70 Å². The number of H-pyrrole nitrogens is 1. The van der Waals surface area contributed by atoms with Crippen LogP contribution in [0.1, 0.15) is 0 Å². The average molecular weight is 435 g/mol. The Labute approximate surface area is 116 Å². The van der Waals surface area contributed by atoms with Crippen LogP contribution in [0.2, 0.25) is 0 Å². The SMILES string of the molecule is Nc1cc(=O)[nH]c2[n+]1/C(=C/I)CS2.[I-]. The first kappa shape index (κ1) is 12.3. The lowest BCUT2D eigenvalue weighted by molar-refractivity contribution is -0.608. The van der Waals surface area contributed by atoms with Crippen LogP contribution in [-0.4, -0.2) is 10.7 Å². The van der Waals surface area contributed by atoms with Gasteiger partial charge in [-0.1, -0.05) is 0 Å². The van der Waals surface area contributed by atoms with Crippen LogP contribution in [0, 0.1) is 0 Å². The summed E-state index contributed by atoms with van der Waals surface area (Å²) in [6.45, 7) is 0. The fourth-order valence-electron chi connectivity index (χ4n) is 1.20. The summed E-state index contributed by atoms with van der Waals surface area (Å²) < 4.78 is 3.83. The van der Waals surface area contributed by atoms with Crippen LogP contribution in [0.3, 0.4) is 0 Å². The Morgan fingerprint density at radius 2 is 2.43 bits per heavy atom. The zero-order valence-electron chi connectivity index (χ0n) is 6.96. The highest BCUT2D eigenvalue weighted by atomic mass is 127. The molecular weight excluding hydrogens is 428 g/mol. The molecule has 0 atom stereocenters. The highest BCUT2D eigenvalue weighted by Gasteiger charge is 2.24. The maximum atomic E-state index is 11.1. The van der Waals surface area contributed by atoms with E-state index in [1.165, 1.54) is 6.07 Å². The van der Waals surface area contributed by atoms with Gasteiger partial charge < -0.3 is 29.7 Å². The van der Waals surface area contributed by atoms with Gasteiger partial charge in [-0.15, -0.1) is 0 Å². The molecule has 0 bridgehead atoms. The van der Waals surface area contributed by atoms with Crippen molar-refractivity contribution in [3.63, 3.8) is 0 Å². The summed E-state index contributed by atoms with van der Waals surface area (Å²) in [4.78, 5) is 13.8. The van der Waals surface area contributed by atoms with Gasteiger partial charge in [0.2, 0.25) is 5.82 Å². The van der Waals surface area contributed by atoms with Gasteiger partial charge in [-0.2, -0.15) is 4.57 Å². The highest BCUT2D eigenvalue weighted by Crippen LogP contribution is 2.24. The summed E-state index contributed by atoms with van der Waals surface area (Å²) in [6.07, 6.45) is 0. The summed E-state index contributed by atoms with van der Waals surface area (Å²) >= 11 is 3.75. The summed E-state index contributed by atoms with van der Waals surface area (Å²) in [5.74, 6) is 1.35. The van der Waals surface area contributed by atoms with Crippen molar-refractivity contribution in [3.8, 4) is 0 Å². The van der Waals surface area contributed by atoms with Crippen molar-refractivity contribution in [1.29, 1.82) is 0 Å². The van der Waals surface area contributed by atoms with Crippen molar-refractivity contribution < 1.29 is 28.5 Å². The molecule has 76 valence electrons. The molecule has 0 aromatic carbocycles. The first-order valence-electron chi connectivity index (χ1n) is 3.59. The van der Waals surface area contributed by atoms with Gasteiger partial charge in [-0.05, 0) is 34.4 Å². The van der Waals surface area contributed by atoms with Crippen LogP contribution in [0.5, 0.6) is 0 Å². The van der Waals surface area contributed by atoms with Crippen molar-refractivity contribution in [3.05, 3.63) is 20.5 Å². The second-order valence-electron chi connectivity index (χ2n) is 2.59. The van der Waals surface area contributed by atoms with E-state index in [9.17, 15) is 4.79 Å². The van der Waals surface area contributed by atoms with E-state index in [0.29, 0.717) is 5.82 Å². The van der Waals surface area contributed by atoms with E-state index in [1.807, 2.05) is 8.65 Å². The number of anilines is 1. The van der Waals surface area contributed by atoms with Gasteiger partial charge in [-0.3, -0.25) is 4.79 Å². The predicted molar refractivity (Wildman–Crippen MR) is 60.7 cm³/mol. The first-order chi connectivity index (χ1) is 6.22. The molecule has 2 rings (SSSR count). The minimum absolute atomic E-state index is 0. The number of aromatic amines is 1. The molecule has 0 saturated carbocycles. The van der Waals surface area contributed by atoms with Crippen LogP contribution in [0.25, 0.3) is 5.70 Å². The second kappa shape index (κ2) is 4.84. The molecule has 0 spiro atoms. The molecule has 1 aromatic rings. The monoisotopic (exact) mass is 435 g/mol. The molecule has 7 heteroatoms. The fraction of sp³-hybridized carbons (Fsp3) is 0.143. The van der Waals surface area contributed by atoms with Crippen molar-refractivity contribution in [2.75, 3.05) is 11.5 Å². The predicted octanol–water partition coefficient (Wildman–Crippen LogP) is -2.41. The molecule has 4 nitrogen and oxygen atoms in total.